The first-order valence-corrected chi connectivity index (χ1v) is 9.76. The Morgan fingerprint density at radius 3 is 2.38 bits per heavy atom. The number of rotatable bonds is 14. The number of unbranched alkanes of at least 4 members (excludes halogenated alkanes) is 1. The molecule has 0 aromatic heterocycles. The molecule has 0 radical (unpaired) electrons. The van der Waals surface area contributed by atoms with E-state index >= 15 is 0 Å². The Bertz CT molecular complexity index is 281. The molecule has 126 valence electrons. The molecule has 0 aromatic carbocycles. The molecule has 0 aliphatic rings. The topological polar surface area (TPSA) is 91.9 Å². The lowest BCUT2D eigenvalue weighted by molar-refractivity contribution is 0.0297. The van der Waals surface area contributed by atoms with Gasteiger partial charge in [0.05, 0.1) is 19.8 Å². The Balaban J connectivity index is 4.06. The molecule has 2 unspecified atom stereocenters. The fraction of sp³-hybridized carbons (Fsp3) is 1.00. The first-order valence-electron chi connectivity index (χ1n) is 7.49. The highest BCUT2D eigenvalue weighted by molar-refractivity contribution is 7.73. The third-order valence-electron chi connectivity index (χ3n) is 3.24. The average Bonchev–Trinajstić information content (AvgIpc) is 2.46. The van der Waals surface area contributed by atoms with Crippen LogP contribution < -0.4 is 16.1 Å². The maximum atomic E-state index is 9.73. The van der Waals surface area contributed by atoms with Crippen LogP contribution in [0.5, 0.6) is 0 Å². The molecule has 5 N–H and O–H groups in total. The minimum absolute atomic E-state index is 0.0904. The van der Waals surface area contributed by atoms with E-state index in [9.17, 15) is 5.11 Å². The summed E-state index contributed by atoms with van der Waals surface area (Å²) >= 11 is 5.61. The van der Waals surface area contributed by atoms with E-state index in [1.165, 1.54) is 0 Å². The highest BCUT2D eigenvalue weighted by Crippen LogP contribution is 2.20. The molecule has 0 saturated carbocycles. The summed E-state index contributed by atoms with van der Waals surface area (Å²) in [5, 5.41) is 16.5. The van der Waals surface area contributed by atoms with Gasteiger partial charge in [-0.1, -0.05) is 18.1 Å². The fourth-order valence-electron chi connectivity index (χ4n) is 2.01. The second-order valence-corrected chi connectivity index (χ2v) is 7.20. The highest BCUT2D eigenvalue weighted by Gasteiger charge is 2.28. The predicted octanol–water partition coefficient (Wildman–Crippen LogP) is 1.67. The maximum absolute atomic E-state index is 9.73. The zero-order valence-electron chi connectivity index (χ0n) is 13.3. The highest BCUT2D eigenvalue weighted by atomic mass is 35.7. The van der Waals surface area contributed by atoms with Crippen molar-refractivity contribution < 1.29 is 9.84 Å². The molecule has 6 nitrogen and oxygen atoms in total. The predicted molar refractivity (Wildman–Crippen MR) is 90.9 cm³/mol. The lowest BCUT2D eigenvalue weighted by Crippen LogP contribution is -2.48. The largest absolute Gasteiger partial charge is 0.413 e. The Morgan fingerprint density at radius 1 is 1.29 bits per heavy atom. The summed E-state index contributed by atoms with van der Waals surface area (Å²) in [5.74, 6) is 0. The van der Waals surface area contributed by atoms with E-state index < -0.39 is 7.22 Å². The van der Waals surface area contributed by atoms with Gasteiger partial charge in [-0.05, 0) is 25.9 Å². The molecule has 21 heavy (non-hydrogen) atoms. The van der Waals surface area contributed by atoms with Gasteiger partial charge in [-0.15, -0.1) is 5.50 Å². The van der Waals surface area contributed by atoms with Gasteiger partial charge in [-0.2, -0.15) is 0 Å². The van der Waals surface area contributed by atoms with Crippen LogP contribution >= 0.6 is 18.5 Å². The third kappa shape index (κ3) is 11.4. The van der Waals surface area contributed by atoms with E-state index in [0.717, 1.165) is 38.9 Å². The second-order valence-electron chi connectivity index (χ2n) is 5.31. The maximum Gasteiger partial charge on any atom is 0.413 e. The van der Waals surface area contributed by atoms with Crippen molar-refractivity contribution in [1.82, 2.24) is 10.6 Å². The number of hydrogen-bond donors (Lipinski definition) is 4. The normalized spacial score (nSPS) is 15.2. The zero-order chi connectivity index (χ0) is 16.0. The van der Waals surface area contributed by atoms with Crippen molar-refractivity contribution >= 4 is 18.5 Å². The molecule has 0 saturated heterocycles. The van der Waals surface area contributed by atoms with E-state index in [2.05, 4.69) is 22.3 Å². The molecule has 0 heterocycles. The number of aliphatic hydroxyl groups excluding tert-OH is 1. The Labute approximate surface area is 134 Å². The molecule has 8 heteroatoms. The average molecular weight is 342 g/mol. The van der Waals surface area contributed by atoms with Gasteiger partial charge in [0.25, 0.3) is 0 Å². The standard InChI is InChI=1S/C13H31ClN4O2P/c1-3-4-6-16-9-13(11-19,12-20-2)10-17-7-5-8-18-21(14)15/h16-17,19H,3-12H2,1-2H3,(H2,15,18)/q+1. The smallest absolute Gasteiger partial charge is 0.396 e. The van der Waals surface area contributed by atoms with Crippen molar-refractivity contribution in [3.8, 4) is 0 Å². The summed E-state index contributed by atoms with van der Waals surface area (Å²) in [5.41, 5.74) is 5.12. The number of nitrogens with zero attached hydrogens (tertiary/aromatic N) is 1. The van der Waals surface area contributed by atoms with Crippen LogP contribution in [0.4, 0.5) is 0 Å². The molecular weight excluding hydrogens is 311 g/mol. The minimum Gasteiger partial charge on any atom is -0.396 e. The SMILES string of the molecule is CCCCNCC(CO)(CNCCCN=[P+](N)Cl)COC. The quantitative estimate of drug-likeness (QED) is 0.285. The zero-order valence-corrected chi connectivity index (χ0v) is 14.9. The molecule has 0 aliphatic heterocycles. The van der Waals surface area contributed by atoms with Gasteiger partial charge in [0.15, 0.2) is 0 Å². The van der Waals surface area contributed by atoms with Gasteiger partial charge < -0.3 is 20.5 Å². The van der Waals surface area contributed by atoms with Crippen molar-refractivity contribution in [1.29, 1.82) is 0 Å². The minimum atomic E-state index is -1.17. The Morgan fingerprint density at radius 2 is 1.90 bits per heavy atom. The van der Waals surface area contributed by atoms with Crippen LogP contribution in [0.1, 0.15) is 26.2 Å². The monoisotopic (exact) mass is 341 g/mol. The number of aliphatic hydroxyl groups is 1. The molecular formula is C13H31ClN4O2P+. The summed E-state index contributed by atoms with van der Waals surface area (Å²) < 4.78 is 9.34. The second kappa shape index (κ2) is 13.8. The summed E-state index contributed by atoms with van der Waals surface area (Å²) in [7, 11) is 0.501. The summed E-state index contributed by atoms with van der Waals surface area (Å²) in [6, 6.07) is 0. The first-order chi connectivity index (χ1) is 10.1. The van der Waals surface area contributed by atoms with Crippen LogP contribution in [-0.4, -0.2) is 58.2 Å². The molecule has 0 aromatic rings. The van der Waals surface area contributed by atoms with Gasteiger partial charge >= 0.3 is 7.22 Å². The molecule has 0 spiro atoms. The van der Waals surface area contributed by atoms with E-state index in [-0.39, 0.29) is 12.0 Å². The van der Waals surface area contributed by atoms with Crippen LogP contribution in [-0.2, 0) is 4.74 Å². The molecule has 0 bridgehead atoms. The number of hydrogen-bond acceptors (Lipinski definition) is 5. The number of ether oxygens (including phenoxy) is 1. The van der Waals surface area contributed by atoms with Gasteiger partial charge in [-0.3, -0.25) is 0 Å². The number of halogens is 1. The van der Waals surface area contributed by atoms with Crippen molar-refractivity contribution in [2.75, 3.05) is 53.0 Å². The molecule has 0 rings (SSSR count). The van der Waals surface area contributed by atoms with Crippen LogP contribution in [0.3, 0.4) is 0 Å². The summed E-state index contributed by atoms with van der Waals surface area (Å²) in [4.78, 5) is 0. The summed E-state index contributed by atoms with van der Waals surface area (Å²) in [6.07, 6.45) is 3.19. The van der Waals surface area contributed by atoms with Crippen molar-refractivity contribution in [3.63, 3.8) is 0 Å². The van der Waals surface area contributed by atoms with Crippen LogP contribution in [0.2, 0.25) is 0 Å². The molecule has 0 amide bonds. The lowest BCUT2D eigenvalue weighted by atomic mass is 9.89. The number of methoxy groups -OCH3 is 1. The van der Waals surface area contributed by atoms with E-state index in [1.54, 1.807) is 7.11 Å². The third-order valence-corrected chi connectivity index (χ3v) is 4.03. The Hall–Kier alpha value is 0.190. The van der Waals surface area contributed by atoms with Crippen LogP contribution in [0.15, 0.2) is 4.74 Å². The first kappa shape index (κ1) is 21.2. The van der Waals surface area contributed by atoms with Crippen LogP contribution in [0.25, 0.3) is 0 Å². The molecule has 0 aliphatic carbocycles. The van der Waals surface area contributed by atoms with Gasteiger partial charge in [0.1, 0.15) is 0 Å². The van der Waals surface area contributed by atoms with Crippen molar-refractivity contribution in [3.05, 3.63) is 0 Å². The van der Waals surface area contributed by atoms with Gasteiger partial charge in [-0.25, -0.2) is 0 Å². The Kier molecular flexibility index (Phi) is 14.0. The van der Waals surface area contributed by atoms with Crippen molar-refractivity contribution in [2.45, 2.75) is 26.2 Å². The van der Waals surface area contributed by atoms with Crippen LogP contribution in [0, 0.1) is 5.41 Å². The van der Waals surface area contributed by atoms with Crippen molar-refractivity contribution in [2.24, 2.45) is 15.7 Å². The van der Waals surface area contributed by atoms with Gasteiger partial charge in [0, 0.05) is 25.6 Å². The van der Waals surface area contributed by atoms with E-state index in [1.807, 2.05) is 0 Å². The summed E-state index contributed by atoms with van der Waals surface area (Å²) in [6.45, 7) is 6.68. The number of nitrogens with one attached hydrogen (secondary N) is 2. The van der Waals surface area contributed by atoms with Gasteiger partial charge in [0.2, 0.25) is 11.2 Å². The number of nitrogens with two attached hydrogens (primary N) is 1. The molecule has 2 atom stereocenters. The fourth-order valence-corrected chi connectivity index (χ4v) is 2.57. The lowest BCUT2D eigenvalue weighted by Gasteiger charge is -2.32. The molecule has 0 fully saturated rings. The van der Waals surface area contributed by atoms with E-state index in [0.29, 0.717) is 19.7 Å². The van der Waals surface area contributed by atoms with E-state index in [4.69, 9.17) is 21.5 Å².